The second-order valence-corrected chi connectivity index (χ2v) is 6.13. The van der Waals surface area contributed by atoms with Crippen molar-refractivity contribution in [2.75, 3.05) is 10.7 Å². The van der Waals surface area contributed by atoms with Gasteiger partial charge in [0.05, 0.1) is 10.9 Å². The first-order valence-corrected chi connectivity index (χ1v) is 7.73. The molecule has 0 saturated carbocycles. The number of carbonyl (C=O) groups is 2. The van der Waals surface area contributed by atoms with Crippen LogP contribution in [0, 0.1) is 6.92 Å². The van der Waals surface area contributed by atoms with E-state index in [0.29, 0.717) is 12.1 Å². The summed E-state index contributed by atoms with van der Waals surface area (Å²) in [5.74, 6) is 0.805. The molecular formula is C15H19NO2S. The molecule has 2 amide bonds. The molecule has 0 unspecified atom stereocenters. The molecule has 1 heterocycles. The number of hydrogen-bond acceptors (Lipinski definition) is 3. The first-order chi connectivity index (χ1) is 9.13. The van der Waals surface area contributed by atoms with Crippen LogP contribution in [0.2, 0.25) is 0 Å². The van der Waals surface area contributed by atoms with Crippen LogP contribution in [-0.4, -0.2) is 22.8 Å². The molecule has 0 spiro atoms. The number of rotatable bonds is 5. The Balaban J connectivity index is 2.08. The van der Waals surface area contributed by atoms with E-state index >= 15 is 0 Å². The lowest BCUT2D eigenvalue weighted by Crippen LogP contribution is -2.31. The smallest absolute Gasteiger partial charge is 0.247 e. The molecule has 102 valence electrons. The number of benzene rings is 1. The second kappa shape index (κ2) is 6.24. The van der Waals surface area contributed by atoms with E-state index in [0.717, 1.165) is 24.2 Å². The number of aryl methyl sites for hydroxylation is 1. The zero-order chi connectivity index (χ0) is 13.8. The van der Waals surface area contributed by atoms with Crippen molar-refractivity contribution in [2.24, 2.45) is 0 Å². The predicted octanol–water partition coefficient (Wildman–Crippen LogP) is 3.16. The maximum Gasteiger partial charge on any atom is 0.247 e. The van der Waals surface area contributed by atoms with Gasteiger partial charge in [-0.15, -0.1) is 11.8 Å². The molecule has 1 aromatic rings. The number of nitrogens with zero attached hydrogens (tertiary/aromatic N) is 1. The van der Waals surface area contributed by atoms with Gasteiger partial charge in [0, 0.05) is 6.42 Å². The first kappa shape index (κ1) is 14.1. The van der Waals surface area contributed by atoms with Gasteiger partial charge in [-0.25, -0.2) is 4.90 Å². The Morgan fingerprint density at radius 2 is 1.95 bits per heavy atom. The van der Waals surface area contributed by atoms with Crippen LogP contribution in [0.25, 0.3) is 0 Å². The summed E-state index contributed by atoms with van der Waals surface area (Å²) in [6, 6.07) is 7.52. The van der Waals surface area contributed by atoms with Crippen LogP contribution in [0.15, 0.2) is 24.3 Å². The van der Waals surface area contributed by atoms with Crippen molar-refractivity contribution in [2.45, 2.75) is 38.4 Å². The molecule has 0 aromatic heterocycles. The van der Waals surface area contributed by atoms with Gasteiger partial charge in [0.25, 0.3) is 0 Å². The third-order valence-corrected chi connectivity index (χ3v) is 4.51. The van der Waals surface area contributed by atoms with Crippen molar-refractivity contribution in [1.29, 1.82) is 0 Å². The largest absolute Gasteiger partial charge is 0.274 e. The Bertz CT molecular complexity index is 470. The molecule has 1 fully saturated rings. The van der Waals surface area contributed by atoms with Gasteiger partial charge in [-0.3, -0.25) is 9.59 Å². The Labute approximate surface area is 118 Å². The van der Waals surface area contributed by atoms with Crippen LogP contribution in [0.5, 0.6) is 0 Å². The highest BCUT2D eigenvalue weighted by molar-refractivity contribution is 8.00. The fourth-order valence-corrected chi connectivity index (χ4v) is 3.32. The number of anilines is 1. The van der Waals surface area contributed by atoms with E-state index in [2.05, 4.69) is 6.92 Å². The molecule has 1 aliphatic heterocycles. The Hall–Kier alpha value is -1.29. The summed E-state index contributed by atoms with van der Waals surface area (Å²) in [5.41, 5.74) is 1.82. The highest BCUT2D eigenvalue weighted by Crippen LogP contribution is 2.30. The molecule has 0 bridgehead atoms. The lowest BCUT2D eigenvalue weighted by molar-refractivity contribution is -0.121. The minimum absolute atomic E-state index is 0.0602. The van der Waals surface area contributed by atoms with Gasteiger partial charge >= 0.3 is 0 Å². The summed E-state index contributed by atoms with van der Waals surface area (Å²) < 4.78 is 0. The zero-order valence-electron chi connectivity index (χ0n) is 11.4. The van der Waals surface area contributed by atoms with Crippen LogP contribution >= 0.6 is 11.8 Å². The van der Waals surface area contributed by atoms with Gasteiger partial charge in [-0.05, 0) is 31.2 Å². The third-order valence-electron chi connectivity index (χ3n) is 3.21. The van der Waals surface area contributed by atoms with E-state index in [1.807, 2.05) is 31.2 Å². The van der Waals surface area contributed by atoms with Crippen molar-refractivity contribution in [1.82, 2.24) is 0 Å². The fourth-order valence-electron chi connectivity index (χ4n) is 2.07. The van der Waals surface area contributed by atoms with Crippen LogP contribution < -0.4 is 4.90 Å². The van der Waals surface area contributed by atoms with E-state index in [1.165, 1.54) is 4.90 Å². The quantitative estimate of drug-likeness (QED) is 0.613. The zero-order valence-corrected chi connectivity index (χ0v) is 12.2. The molecule has 0 N–H and O–H groups in total. The minimum Gasteiger partial charge on any atom is -0.274 e. The van der Waals surface area contributed by atoms with Crippen molar-refractivity contribution >= 4 is 29.3 Å². The van der Waals surface area contributed by atoms with Crippen molar-refractivity contribution < 1.29 is 9.59 Å². The van der Waals surface area contributed by atoms with E-state index in [1.54, 1.807) is 11.8 Å². The van der Waals surface area contributed by atoms with Crippen LogP contribution in [0.3, 0.4) is 0 Å². The van der Waals surface area contributed by atoms with Gasteiger partial charge in [0.2, 0.25) is 11.8 Å². The summed E-state index contributed by atoms with van der Waals surface area (Å²) in [4.78, 5) is 25.6. The first-order valence-electron chi connectivity index (χ1n) is 6.68. The van der Waals surface area contributed by atoms with Gasteiger partial charge in [0.1, 0.15) is 0 Å². The maximum atomic E-state index is 12.3. The van der Waals surface area contributed by atoms with Crippen LogP contribution in [0.1, 0.15) is 31.7 Å². The van der Waals surface area contributed by atoms with Crippen LogP contribution in [-0.2, 0) is 9.59 Å². The molecule has 1 atom stereocenters. The number of imide groups is 1. The molecule has 1 aliphatic rings. The molecule has 3 nitrogen and oxygen atoms in total. The van der Waals surface area contributed by atoms with Crippen molar-refractivity contribution in [3.05, 3.63) is 29.8 Å². The summed E-state index contributed by atoms with van der Waals surface area (Å²) in [7, 11) is 0. The van der Waals surface area contributed by atoms with Gasteiger partial charge < -0.3 is 0 Å². The Morgan fingerprint density at radius 3 is 2.58 bits per heavy atom. The summed E-state index contributed by atoms with van der Waals surface area (Å²) >= 11 is 1.61. The van der Waals surface area contributed by atoms with E-state index in [4.69, 9.17) is 0 Å². The number of unbranched alkanes of at least 4 members (excludes halogenated alkanes) is 1. The SMILES string of the molecule is CCCCS[C@@H]1CC(=O)N(c2ccc(C)cc2)C1=O. The van der Waals surface area contributed by atoms with E-state index < -0.39 is 0 Å². The van der Waals surface area contributed by atoms with Gasteiger partial charge in [-0.2, -0.15) is 0 Å². The highest BCUT2D eigenvalue weighted by atomic mass is 32.2. The second-order valence-electron chi connectivity index (χ2n) is 4.82. The number of hydrogen-bond donors (Lipinski definition) is 0. The lowest BCUT2D eigenvalue weighted by Gasteiger charge is -2.15. The topological polar surface area (TPSA) is 37.4 Å². The van der Waals surface area contributed by atoms with Gasteiger partial charge in [0.15, 0.2) is 0 Å². The molecule has 0 radical (unpaired) electrons. The fraction of sp³-hybridized carbons (Fsp3) is 0.467. The Morgan fingerprint density at radius 1 is 1.26 bits per heavy atom. The van der Waals surface area contributed by atoms with E-state index in [9.17, 15) is 9.59 Å². The number of amides is 2. The monoisotopic (exact) mass is 277 g/mol. The maximum absolute atomic E-state index is 12.3. The highest BCUT2D eigenvalue weighted by Gasteiger charge is 2.39. The Kier molecular flexibility index (Phi) is 4.64. The summed E-state index contributed by atoms with van der Waals surface area (Å²) in [5, 5.41) is -0.194. The van der Waals surface area contributed by atoms with Crippen molar-refractivity contribution in [3.8, 4) is 0 Å². The molecular weight excluding hydrogens is 258 g/mol. The number of thioether (sulfide) groups is 1. The summed E-state index contributed by atoms with van der Waals surface area (Å²) in [6.45, 7) is 4.11. The molecule has 0 aliphatic carbocycles. The normalized spacial score (nSPS) is 19.3. The summed E-state index contributed by atoms with van der Waals surface area (Å²) in [6.07, 6.45) is 2.54. The molecule has 1 aromatic carbocycles. The molecule has 4 heteroatoms. The third kappa shape index (κ3) is 3.18. The van der Waals surface area contributed by atoms with Crippen molar-refractivity contribution in [3.63, 3.8) is 0 Å². The predicted molar refractivity (Wildman–Crippen MR) is 79.4 cm³/mol. The molecule has 1 saturated heterocycles. The standard InChI is InChI=1S/C15H19NO2S/c1-3-4-9-19-13-10-14(17)16(15(13)18)12-7-5-11(2)6-8-12/h5-8,13H,3-4,9-10H2,1-2H3/t13-/m1/s1. The average Bonchev–Trinajstić information content (AvgIpc) is 2.67. The molecule has 2 rings (SSSR count). The molecule has 19 heavy (non-hydrogen) atoms. The number of carbonyl (C=O) groups excluding carboxylic acids is 2. The van der Waals surface area contributed by atoms with Gasteiger partial charge in [-0.1, -0.05) is 31.0 Å². The van der Waals surface area contributed by atoms with E-state index in [-0.39, 0.29) is 17.1 Å². The average molecular weight is 277 g/mol. The minimum atomic E-state index is -0.194. The van der Waals surface area contributed by atoms with Crippen LogP contribution in [0.4, 0.5) is 5.69 Å². The lowest BCUT2D eigenvalue weighted by atomic mass is 10.2.